The molecule has 2 N–H and O–H groups in total. The van der Waals surface area contributed by atoms with Crippen molar-refractivity contribution < 1.29 is 8.78 Å². The topological polar surface area (TPSA) is 26.0 Å². The summed E-state index contributed by atoms with van der Waals surface area (Å²) in [7, 11) is 0. The first-order chi connectivity index (χ1) is 7.99. The molecule has 0 spiro atoms. The normalized spacial score (nSPS) is 12.8. The lowest BCUT2D eigenvalue weighted by Gasteiger charge is -2.12. The Morgan fingerprint density at radius 1 is 1.12 bits per heavy atom. The monoisotopic (exact) mass is 381 g/mol. The molecule has 0 fully saturated rings. The summed E-state index contributed by atoms with van der Waals surface area (Å²) in [6.07, 6.45) is 0. The number of benzene rings is 1. The molecule has 1 unspecified atom stereocenters. The van der Waals surface area contributed by atoms with Crippen molar-refractivity contribution >= 4 is 43.2 Å². The van der Waals surface area contributed by atoms with Crippen LogP contribution in [0.5, 0.6) is 0 Å². The van der Waals surface area contributed by atoms with Crippen LogP contribution in [0.25, 0.3) is 0 Å². The molecular formula is C11H7Br2F2NS. The van der Waals surface area contributed by atoms with Gasteiger partial charge < -0.3 is 5.73 Å². The van der Waals surface area contributed by atoms with Crippen molar-refractivity contribution in [3.8, 4) is 0 Å². The van der Waals surface area contributed by atoms with E-state index in [-0.39, 0.29) is 5.56 Å². The highest BCUT2D eigenvalue weighted by Gasteiger charge is 2.18. The molecule has 0 radical (unpaired) electrons. The zero-order chi connectivity index (χ0) is 12.6. The lowest BCUT2D eigenvalue weighted by atomic mass is 10.0. The molecule has 2 aromatic rings. The number of hydrogen-bond acceptors (Lipinski definition) is 2. The van der Waals surface area contributed by atoms with E-state index in [0.717, 1.165) is 31.3 Å². The maximum atomic E-state index is 13.6. The van der Waals surface area contributed by atoms with Gasteiger partial charge in [0.2, 0.25) is 0 Å². The predicted molar refractivity (Wildman–Crippen MR) is 72.1 cm³/mol. The fourth-order valence-electron chi connectivity index (χ4n) is 1.49. The molecule has 0 aliphatic heterocycles. The van der Waals surface area contributed by atoms with Crippen LogP contribution >= 0.6 is 43.2 Å². The third-order valence-electron chi connectivity index (χ3n) is 2.31. The summed E-state index contributed by atoms with van der Waals surface area (Å²) in [6.45, 7) is 0. The van der Waals surface area contributed by atoms with E-state index < -0.39 is 17.7 Å². The minimum atomic E-state index is -0.692. The largest absolute Gasteiger partial charge is 0.320 e. The molecule has 0 bridgehead atoms. The molecular weight excluding hydrogens is 376 g/mol. The van der Waals surface area contributed by atoms with Gasteiger partial charge in [0.15, 0.2) is 0 Å². The van der Waals surface area contributed by atoms with Gasteiger partial charge in [-0.25, -0.2) is 8.78 Å². The highest BCUT2D eigenvalue weighted by atomic mass is 79.9. The van der Waals surface area contributed by atoms with Crippen LogP contribution in [0.3, 0.4) is 0 Å². The molecule has 0 aliphatic carbocycles. The van der Waals surface area contributed by atoms with Crippen molar-refractivity contribution in [1.29, 1.82) is 0 Å². The molecule has 0 saturated carbocycles. The maximum absolute atomic E-state index is 13.6. The second-order valence-corrected chi connectivity index (χ2v) is 7.17. The minimum absolute atomic E-state index is 0.149. The summed E-state index contributed by atoms with van der Waals surface area (Å²) >= 11 is 8.11. The summed E-state index contributed by atoms with van der Waals surface area (Å²) in [5.74, 6) is -1.00. The van der Waals surface area contributed by atoms with E-state index in [1.165, 1.54) is 11.3 Å². The molecule has 0 saturated heterocycles. The fraction of sp³-hybridized carbons (Fsp3) is 0.0909. The van der Waals surface area contributed by atoms with Gasteiger partial charge in [-0.2, -0.15) is 0 Å². The Morgan fingerprint density at radius 3 is 2.41 bits per heavy atom. The molecule has 1 nitrogen and oxygen atoms in total. The Balaban J connectivity index is 2.46. The minimum Gasteiger partial charge on any atom is -0.320 e. The van der Waals surface area contributed by atoms with E-state index in [0.29, 0.717) is 0 Å². The maximum Gasteiger partial charge on any atom is 0.128 e. The van der Waals surface area contributed by atoms with E-state index in [9.17, 15) is 8.78 Å². The molecule has 2 rings (SSSR count). The van der Waals surface area contributed by atoms with Crippen molar-refractivity contribution in [1.82, 2.24) is 0 Å². The number of hydrogen-bond donors (Lipinski definition) is 1. The quantitative estimate of drug-likeness (QED) is 0.806. The van der Waals surface area contributed by atoms with Crippen LogP contribution in [0.4, 0.5) is 8.78 Å². The van der Waals surface area contributed by atoms with E-state index in [4.69, 9.17) is 5.73 Å². The van der Waals surface area contributed by atoms with Crippen LogP contribution in [0.2, 0.25) is 0 Å². The second kappa shape index (κ2) is 5.14. The number of nitrogens with two attached hydrogens (primary N) is 1. The first-order valence-corrected chi connectivity index (χ1v) is 7.04. The first kappa shape index (κ1) is 13.1. The lowest BCUT2D eigenvalue weighted by Crippen LogP contribution is -2.13. The molecule has 1 aromatic heterocycles. The van der Waals surface area contributed by atoms with E-state index in [1.807, 2.05) is 0 Å². The van der Waals surface area contributed by atoms with Gasteiger partial charge >= 0.3 is 0 Å². The Morgan fingerprint density at radius 2 is 1.82 bits per heavy atom. The zero-order valence-corrected chi connectivity index (χ0v) is 12.4. The van der Waals surface area contributed by atoms with E-state index >= 15 is 0 Å². The van der Waals surface area contributed by atoms with Gasteiger partial charge in [0, 0.05) is 5.56 Å². The summed E-state index contributed by atoms with van der Waals surface area (Å²) in [5.41, 5.74) is 6.83. The van der Waals surface area contributed by atoms with Gasteiger partial charge in [0.05, 0.1) is 13.6 Å². The average molecular weight is 383 g/mol. The van der Waals surface area contributed by atoms with Crippen molar-refractivity contribution in [2.75, 3.05) is 0 Å². The van der Waals surface area contributed by atoms with Crippen LogP contribution in [0, 0.1) is 11.6 Å². The van der Waals surface area contributed by atoms with Crippen LogP contribution in [0.15, 0.2) is 31.8 Å². The van der Waals surface area contributed by atoms with E-state index in [1.54, 1.807) is 6.07 Å². The molecule has 0 amide bonds. The molecule has 6 heteroatoms. The molecule has 1 heterocycles. The summed E-state index contributed by atoms with van der Waals surface area (Å²) in [4.78, 5) is 0. The van der Waals surface area contributed by atoms with Gasteiger partial charge in [0.1, 0.15) is 11.6 Å². The van der Waals surface area contributed by atoms with E-state index in [2.05, 4.69) is 31.9 Å². The van der Waals surface area contributed by atoms with Crippen LogP contribution in [-0.2, 0) is 0 Å². The molecule has 1 aromatic carbocycles. The lowest BCUT2D eigenvalue weighted by molar-refractivity contribution is 0.576. The third-order valence-corrected chi connectivity index (χ3v) is 4.70. The van der Waals surface area contributed by atoms with Gasteiger partial charge in [-0.3, -0.25) is 0 Å². The van der Waals surface area contributed by atoms with Crippen LogP contribution in [0.1, 0.15) is 17.2 Å². The Labute approximate surface area is 118 Å². The van der Waals surface area contributed by atoms with Crippen LogP contribution < -0.4 is 5.73 Å². The zero-order valence-electron chi connectivity index (χ0n) is 8.38. The summed E-state index contributed by atoms with van der Waals surface area (Å²) in [5, 5.41) is 0. The predicted octanol–water partition coefficient (Wildman–Crippen LogP) is 4.60. The standard InChI is InChI=1S/C11H7Br2F2NS/c12-9-4-7(11(13)17-9)10(16)6-3-5(14)1-2-8(6)15/h1-4,10H,16H2. The van der Waals surface area contributed by atoms with Gasteiger partial charge in [-0.05, 0) is 61.7 Å². The fourth-order valence-corrected chi connectivity index (χ4v) is 4.41. The van der Waals surface area contributed by atoms with Gasteiger partial charge in [0.25, 0.3) is 0 Å². The smallest absolute Gasteiger partial charge is 0.128 e. The first-order valence-electron chi connectivity index (χ1n) is 4.64. The summed E-state index contributed by atoms with van der Waals surface area (Å²) in [6, 6.07) is 4.38. The highest BCUT2D eigenvalue weighted by Crippen LogP contribution is 2.37. The molecule has 17 heavy (non-hydrogen) atoms. The summed E-state index contributed by atoms with van der Waals surface area (Å²) < 4.78 is 28.3. The van der Waals surface area contributed by atoms with Crippen molar-refractivity contribution in [2.24, 2.45) is 5.73 Å². The number of rotatable bonds is 2. The number of thiophene rings is 1. The average Bonchev–Trinajstić information content (AvgIpc) is 2.60. The van der Waals surface area contributed by atoms with Crippen molar-refractivity contribution in [2.45, 2.75) is 6.04 Å². The molecule has 90 valence electrons. The molecule has 0 aliphatic rings. The highest BCUT2D eigenvalue weighted by molar-refractivity contribution is 9.12. The Hall–Kier alpha value is -0.300. The second-order valence-electron chi connectivity index (χ2n) is 3.42. The van der Waals surface area contributed by atoms with Crippen molar-refractivity contribution in [3.63, 3.8) is 0 Å². The number of halogens is 4. The van der Waals surface area contributed by atoms with Crippen molar-refractivity contribution in [3.05, 3.63) is 54.6 Å². The van der Waals surface area contributed by atoms with Crippen LogP contribution in [-0.4, -0.2) is 0 Å². The Bertz CT molecular complexity index is 556. The Kier molecular flexibility index (Phi) is 3.97. The van der Waals surface area contributed by atoms with Gasteiger partial charge in [-0.15, -0.1) is 11.3 Å². The third kappa shape index (κ3) is 2.76. The SMILES string of the molecule is NC(c1cc(F)ccc1F)c1cc(Br)sc1Br. The van der Waals surface area contributed by atoms with Gasteiger partial charge in [-0.1, -0.05) is 0 Å². The molecule has 1 atom stereocenters.